The molecule has 0 spiro atoms. The molecule has 1 aliphatic rings. The molecule has 1 saturated heterocycles. The van der Waals surface area contributed by atoms with Crippen molar-refractivity contribution in [2.24, 2.45) is 17.3 Å². The Kier molecular flexibility index (Phi) is 8.89. The van der Waals surface area contributed by atoms with E-state index in [4.69, 9.17) is 4.74 Å². The smallest absolute Gasteiger partial charge is 0.0593 e. The Morgan fingerprint density at radius 2 is 1.71 bits per heavy atom. The molecule has 0 atom stereocenters. The molecule has 1 rings (SSSR count). The molecule has 0 bridgehead atoms. The minimum atomic E-state index is 0.473. The number of nitrogens with zero attached hydrogens (tertiary/aromatic N) is 1. The van der Waals surface area contributed by atoms with E-state index in [0.29, 0.717) is 5.41 Å². The molecule has 0 aromatic carbocycles. The van der Waals surface area contributed by atoms with Gasteiger partial charge in [-0.25, -0.2) is 0 Å². The lowest BCUT2D eigenvalue weighted by Gasteiger charge is -2.32. The van der Waals surface area contributed by atoms with Crippen molar-refractivity contribution < 1.29 is 4.74 Å². The van der Waals surface area contributed by atoms with Crippen LogP contribution in [0.15, 0.2) is 0 Å². The number of rotatable bonds is 9. The average molecular weight is 298 g/mol. The maximum absolute atomic E-state index is 5.80. The van der Waals surface area contributed by atoms with E-state index >= 15 is 0 Å². The summed E-state index contributed by atoms with van der Waals surface area (Å²) in [6.45, 7) is 17.2. The van der Waals surface area contributed by atoms with E-state index in [1.54, 1.807) is 0 Å². The average Bonchev–Trinajstić information content (AvgIpc) is 2.37. The van der Waals surface area contributed by atoms with Crippen molar-refractivity contribution in [3.05, 3.63) is 0 Å². The summed E-state index contributed by atoms with van der Waals surface area (Å²) in [7, 11) is 0. The van der Waals surface area contributed by atoms with Crippen LogP contribution in [-0.2, 0) is 4.74 Å². The zero-order chi connectivity index (χ0) is 15.7. The Balaban J connectivity index is 1.93. The molecule has 0 unspecified atom stereocenters. The first-order chi connectivity index (χ1) is 9.87. The zero-order valence-electron chi connectivity index (χ0n) is 15.3. The summed E-state index contributed by atoms with van der Waals surface area (Å²) in [6, 6.07) is 0. The van der Waals surface area contributed by atoms with Crippen LogP contribution in [-0.4, -0.2) is 37.7 Å². The summed E-state index contributed by atoms with van der Waals surface area (Å²) >= 11 is 0. The molecule has 126 valence electrons. The fourth-order valence-electron chi connectivity index (χ4n) is 3.27. The Bertz CT molecular complexity index is 249. The molecule has 1 fully saturated rings. The Morgan fingerprint density at radius 1 is 1.05 bits per heavy atom. The van der Waals surface area contributed by atoms with E-state index in [2.05, 4.69) is 39.5 Å². The number of piperidine rings is 1. The van der Waals surface area contributed by atoms with Crippen molar-refractivity contribution >= 4 is 0 Å². The van der Waals surface area contributed by atoms with Gasteiger partial charge in [0.05, 0.1) is 6.61 Å². The quantitative estimate of drug-likeness (QED) is 0.557. The third-order valence-electron chi connectivity index (χ3n) is 4.53. The zero-order valence-corrected chi connectivity index (χ0v) is 15.3. The van der Waals surface area contributed by atoms with Gasteiger partial charge in [-0.1, -0.05) is 41.0 Å². The molecule has 0 N–H and O–H groups in total. The van der Waals surface area contributed by atoms with Crippen molar-refractivity contribution in [1.82, 2.24) is 4.90 Å². The highest BCUT2D eigenvalue weighted by Crippen LogP contribution is 2.24. The van der Waals surface area contributed by atoms with E-state index in [9.17, 15) is 0 Å². The van der Waals surface area contributed by atoms with Gasteiger partial charge in [-0.15, -0.1) is 0 Å². The lowest BCUT2D eigenvalue weighted by atomic mass is 9.89. The number of ether oxygens (including phenoxy) is 1. The van der Waals surface area contributed by atoms with Crippen LogP contribution < -0.4 is 0 Å². The molecule has 2 heteroatoms. The predicted molar refractivity (Wildman–Crippen MR) is 92.7 cm³/mol. The van der Waals surface area contributed by atoms with Gasteiger partial charge in [-0.2, -0.15) is 0 Å². The van der Waals surface area contributed by atoms with Gasteiger partial charge in [-0.3, -0.25) is 0 Å². The molecule has 0 radical (unpaired) electrons. The summed E-state index contributed by atoms with van der Waals surface area (Å²) in [5, 5.41) is 0. The fourth-order valence-corrected chi connectivity index (χ4v) is 3.27. The SMILES string of the molecule is CC(C)CC1CCN(CCOCCCCC(C)(C)C)CC1. The molecule has 0 saturated carbocycles. The van der Waals surface area contributed by atoms with Crippen LogP contribution >= 0.6 is 0 Å². The van der Waals surface area contributed by atoms with E-state index in [1.165, 1.54) is 51.6 Å². The Hall–Kier alpha value is -0.0800. The lowest BCUT2D eigenvalue weighted by molar-refractivity contribution is 0.0829. The molecule has 0 aromatic heterocycles. The number of likely N-dealkylation sites (tertiary alicyclic amines) is 1. The van der Waals surface area contributed by atoms with Gasteiger partial charge in [0.15, 0.2) is 0 Å². The molecule has 0 aromatic rings. The highest BCUT2D eigenvalue weighted by molar-refractivity contribution is 4.73. The molecule has 1 heterocycles. The Labute approximate surface area is 133 Å². The highest BCUT2D eigenvalue weighted by atomic mass is 16.5. The first kappa shape index (κ1) is 19.0. The summed E-state index contributed by atoms with van der Waals surface area (Å²) in [5.41, 5.74) is 0.473. The molecule has 2 nitrogen and oxygen atoms in total. The van der Waals surface area contributed by atoms with Crippen molar-refractivity contribution in [1.29, 1.82) is 0 Å². The summed E-state index contributed by atoms with van der Waals surface area (Å²) in [6.07, 6.45) is 8.02. The number of hydrogen-bond acceptors (Lipinski definition) is 2. The number of hydrogen-bond donors (Lipinski definition) is 0. The highest BCUT2D eigenvalue weighted by Gasteiger charge is 2.19. The fraction of sp³-hybridized carbons (Fsp3) is 1.00. The van der Waals surface area contributed by atoms with Crippen LogP contribution in [0.4, 0.5) is 0 Å². The molecular weight excluding hydrogens is 258 g/mol. The van der Waals surface area contributed by atoms with Crippen LogP contribution in [0.3, 0.4) is 0 Å². The standard InChI is InChI=1S/C19H39NO/c1-17(2)16-18-8-11-20(12-9-18)13-15-21-14-7-6-10-19(3,4)5/h17-18H,6-16H2,1-5H3. The first-order valence-corrected chi connectivity index (χ1v) is 9.17. The molecule has 0 amide bonds. The van der Waals surface area contributed by atoms with Crippen molar-refractivity contribution in [2.75, 3.05) is 32.8 Å². The van der Waals surface area contributed by atoms with Gasteiger partial charge < -0.3 is 9.64 Å². The van der Waals surface area contributed by atoms with Gasteiger partial charge in [0.1, 0.15) is 0 Å². The first-order valence-electron chi connectivity index (χ1n) is 9.17. The topological polar surface area (TPSA) is 12.5 Å². The van der Waals surface area contributed by atoms with E-state index in [1.807, 2.05) is 0 Å². The van der Waals surface area contributed by atoms with Gasteiger partial charge in [-0.05, 0) is 62.4 Å². The molecule has 1 aliphatic heterocycles. The summed E-state index contributed by atoms with van der Waals surface area (Å²) in [4.78, 5) is 2.59. The Morgan fingerprint density at radius 3 is 2.29 bits per heavy atom. The summed E-state index contributed by atoms with van der Waals surface area (Å²) < 4.78 is 5.80. The third kappa shape index (κ3) is 10.3. The van der Waals surface area contributed by atoms with Crippen molar-refractivity contribution in [3.63, 3.8) is 0 Å². The van der Waals surface area contributed by atoms with Gasteiger partial charge >= 0.3 is 0 Å². The van der Waals surface area contributed by atoms with Crippen LogP contribution in [0.1, 0.15) is 73.1 Å². The third-order valence-corrected chi connectivity index (χ3v) is 4.53. The van der Waals surface area contributed by atoms with Crippen molar-refractivity contribution in [3.8, 4) is 0 Å². The second-order valence-electron chi connectivity index (χ2n) is 8.54. The van der Waals surface area contributed by atoms with Gasteiger partial charge in [0.25, 0.3) is 0 Å². The van der Waals surface area contributed by atoms with Gasteiger partial charge in [0, 0.05) is 13.2 Å². The van der Waals surface area contributed by atoms with Crippen LogP contribution in [0.2, 0.25) is 0 Å². The predicted octanol–water partition coefficient (Wildman–Crippen LogP) is 4.98. The largest absolute Gasteiger partial charge is 0.380 e. The van der Waals surface area contributed by atoms with Gasteiger partial charge in [0.2, 0.25) is 0 Å². The van der Waals surface area contributed by atoms with Crippen molar-refractivity contribution in [2.45, 2.75) is 73.1 Å². The lowest BCUT2D eigenvalue weighted by Crippen LogP contribution is -2.36. The normalized spacial score (nSPS) is 18.6. The maximum atomic E-state index is 5.80. The minimum absolute atomic E-state index is 0.473. The second-order valence-corrected chi connectivity index (χ2v) is 8.54. The molecule has 21 heavy (non-hydrogen) atoms. The maximum Gasteiger partial charge on any atom is 0.0593 e. The number of unbranched alkanes of at least 4 members (excludes halogenated alkanes) is 1. The van der Waals surface area contributed by atoms with Crippen LogP contribution in [0, 0.1) is 17.3 Å². The molecular formula is C19H39NO. The van der Waals surface area contributed by atoms with E-state index in [0.717, 1.165) is 31.6 Å². The summed E-state index contributed by atoms with van der Waals surface area (Å²) in [5.74, 6) is 1.83. The minimum Gasteiger partial charge on any atom is -0.380 e. The van der Waals surface area contributed by atoms with E-state index in [-0.39, 0.29) is 0 Å². The monoisotopic (exact) mass is 297 g/mol. The van der Waals surface area contributed by atoms with E-state index < -0.39 is 0 Å². The second kappa shape index (κ2) is 9.84. The molecule has 0 aliphatic carbocycles. The van der Waals surface area contributed by atoms with Crippen LogP contribution in [0.25, 0.3) is 0 Å². The van der Waals surface area contributed by atoms with Crippen LogP contribution in [0.5, 0.6) is 0 Å².